The van der Waals surface area contributed by atoms with Crippen molar-refractivity contribution < 1.29 is 4.74 Å². The lowest BCUT2D eigenvalue weighted by Crippen LogP contribution is -2.17. The van der Waals surface area contributed by atoms with Gasteiger partial charge in [-0.25, -0.2) is 0 Å². The lowest BCUT2D eigenvalue weighted by Gasteiger charge is -2.30. The summed E-state index contributed by atoms with van der Waals surface area (Å²) in [6.07, 6.45) is 0. The van der Waals surface area contributed by atoms with Gasteiger partial charge < -0.3 is 9.64 Å². The highest BCUT2D eigenvalue weighted by Crippen LogP contribution is 2.53. The molecule has 0 atom stereocenters. The SMILES string of the molecule is C=C(Oc1ccccc1C)C1=C(C)C(C)(C)c2ccc(N(c3ccc4c(c3)C(C)(C)c3ccccc3-4)c3ccc(-c4ccccc4)c4ccccc34)cc21. The van der Waals surface area contributed by atoms with E-state index in [1.807, 2.05) is 18.2 Å². The molecule has 9 rings (SSSR count). The second-order valence-electron chi connectivity index (χ2n) is 15.9. The van der Waals surface area contributed by atoms with Crippen molar-refractivity contribution in [2.24, 2.45) is 0 Å². The van der Waals surface area contributed by atoms with E-state index in [0.29, 0.717) is 5.76 Å². The Labute approximate surface area is 319 Å². The Kier molecular flexibility index (Phi) is 7.80. The van der Waals surface area contributed by atoms with Crippen LogP contribution in [0.3, 0.4) is 0 Å². The van der Waals surface area contributed by atoms with Crippen LogP contribution < -0.4 is 9.64 Å². The molecule has 264 valence electrons. The molecular weight excluding hydrogens is 655 g/mol. The summed E-state index contributed by atoms with van der Waals surface area (Å²) in [5, 5.41) is 2.42. The van der Waals surface area contributed by atoms with Crippen molar-refractivity contribution in [1.29, 1.82) is 0 Å². The zero-order valence-corrected chi connectivity index (χ0v) is 32.0. The minimum absolute atomic E-state index is 0.132. The molecule has 0 spiro atoms. The average molecular weight is 700 g/mol. The third-order valence-electron chi connectivity index (χ3n) is 12.2. The number of nitrogens with zero attached hydrogens (tertiary/aromatic N) is 1. The normalized spacial score (nSPS) is 14.8. The molecule has 0 heterocycles. The number of hydrogen-bond donors (Lipinski definition) is 0. The Morgan fingerprint density at radius 1 is 0.519 bits per heavy atom. The van der Waals surface area contributed by atoms with Crippen molar-refractivity contribution in [3.8, 4) is 28.0 Å². The Bertz CT molecular complexity index is 2670. The van der Waals surface area contributed by atoms with Gasteiger partial charge in [0.2, 0.25) is 0 Å². The molecule has 2 heteroatoms. The van der Waals surface area contributed by atoms with Crippen LogP contribution in [-0.4, -0.2) is 0 Å². The van der Waals surface area contributed by atoms with E-state index in [4.69, 9.17) is 4.74 Å². The molecular formula is C52H45NO. The number of rotatable bonds is 7. The summed E-state index contributed by atoms with van der Waals surface area (Å²) in [7, 11) is 0. The minimum Gasteiger partial charge on any atom is -0.457 e. The lowest BCUT2D eigenvalue weighted by atomic mass is 9.82. The van der Waals surface area contributed by atoms with E-state index in [-0.39, 0.29) is 10.8 Å². The Balaban J connectivity index is 1.26. The van der Waals surface area contributed by atoms with Gasteiger partial charge in [0.1, 0.15) is 11.5 Å². The molecule has 0 aliphatic heterocycles. The van der Waals surface area contributed by atoms with Crippen molar-refractivity contribution in [3.05, 3.63) is 197 Å². The van der Waals surface area contributed by atoms with Crippen LogP contribution >= 0.6 is 0 Å². The zero-order valence-electron chi connectivity index (χ0n) is 32.0. The standard InChI is InChI=1S/C52H45NO/c1-33-17-11-16-24-49(33)54-35(3)50-34(2)51(4,5)46-29-26-37(31-44(46)50)53(38-25-27-42-41-21-14-15-23-45(41)52(6,7)47(42)32-38)48-30-28-39(36-18-9-8-10-19-36)40-20-12-13-22-43(40)48/h8-32H,3H2,1-2,4-7H3. The molecule has 0 N–H and O–H groups in total. The van der Waals surface area contributed by atoms with Crippen molar-refractivity contribution in [1.82, 2.24) is 0 Å². The van der Waals surface area contributed by atoms with Gasteiger partial charge in [-0.1, -0.05) is 155 Å². The largest absolute Gasteiger partial charge is 0.457 e. The molecule has 7 aromatic rings. The summed E-state index contributed by atoms with van der Waals surface area (Å²) in [5.74, 6) is 1.51. The maximum Gasteiger partial charge on any atom is 0.130 e. The first-order chi connectivity index (χ1) is 26.1. The maximum atomic E-state index is 6.57. The van der Waals surface area contributed by atoms with E-state index >= 15 is 0 Å². The zero-order chi connectivity index (χ0) is 37.4. The second-order valence-corrected chi connectivity index (χ2v) is 15.9. The van der Waals surface area contributed by atoms with Crippen LogP contribution in [0.25, 0.3) is 38.6 Å². The fourth-order valence-electron chi connectivity index (χ4n) is 8.96. The van der Waals surface area contributed by atoms with E-state index in [9.17, 15) is 0 Å². The van der Waals surface area contributed by atoms with Crippen molar-refractivity contribution in [2.75, 3.05) is 4.90 Å². The lowest BCUT2D eigenvalue weighted by molar-refractivity contribution is 0.447. The van der Waals surface area contributed by atoms with Gasteiger partial charge in [0.15, 0.2) is 0 Å². The fourth-order valence-corrected chi connectivity index (χ4v) is 8.96. The number of para-hydroxylation sites is 1. The Morgan fingerprint density at radius 2 is 1.13 bits per heavy atom. The predicted molar refractivity (Wildman–Crippen MR) is 228 cm³/mol. The van der Waals surface area contributed by atoms with Gasteiger partial charge in [-0.3, -0.25) is 0 Å². The molecule has 2 nitrogen and oxygen atoms in total. The fraction of sp³-hybridized carbons (Fsp3) is 0.154. The summed E-state index contributed by atoms with van der Waals surface area (Å²) in [6, 6.07) is 55.2. The smallest absolute Gasteiger partial charge is 0.130 e. The van der Waals surface area contributed by atoms with Gasteiger partial charge >= 0.3 is 0 Å². The first-order valence-corrected chi connectivity index (χ1v) is 19.0. The van der Waals surface area contributed by atoms with Crippen molar-refractivity contribution in [3.63, 3.8) is 0 Å². The minimum atomic E-state index is -0.181. The van der Waals surface area contributed by atoms with Crippen LogP contribution in [0.15, 0.2) is 170 Å². The molecule has 0 unspecified atom stereocenters. The van der Waals surface area contributed by atoms with Crippen LogP contribution in [0, 0.1) is 6.92 Å². The maximum absolute atomic E-state index is 6.57. The quantitative estimate of drug-likeness (QED) is 0.154. The van der Waals surface area contributed by atoms with E-state index in [1.54, 1.807) is 0 Å². The van der Waals surface area contributed by atoms with Crippen molar-refractivity contribution >= 4 is 33.4 Å². The number of aryl methyl sites for hydroxylation is 1. The van der Waals surface area contributed by atoms with Crippen LogP contribution in [0.2, 0.25) is 0 Å². The van der Waals surface area contributed by atoms with Gasteiger partial charge in [0.05, 0.1) is 5.69 Å². The summed E-state index contributed by atoms with van der Waals surface area (Å²) in [4.78, 5) is 2.46. The Morgan fingerprint density at radius 3 is 1.93 bits per heavy atom. The van der Waals surface area contributed by atoms with Crippen LogP contribution in [-0.2, 0) is 10.8 Å². The van der Waals surface area contributed by atoms with E-state index in [1.165, 1.54) is 55.3 Å². The van der Waals surface area contributed by atoms with Crippen molar-refractivity contribution in [2.45, 2.75) is 52.4 Å². The molecule has 0 aromatic heterocycles. The van der Waals surface area contributed by atoms with E-state index in [2.05, 4.69) is 186 Å². The molecule has 0 amide bonds. The number of benzene rings is 7. The monoisotopic (exact) mass is 699 g/mol. The number of hydrogen-bond acceptors (Lipinski definition) is 2. The van der Waals surface area contributed by atoms with Gasteiger partial charge in [-0.05, 0) is 106 Å². The summed E-state index contributed by atoms with van der Waals surface area (Å²) in [6.45, 7) is 18.2. The number of allylic oxidation sites excluding steroid dienone is 2. The van der Waals surface area contributed by atoms with Gasteiger partial charge in [-0.15, -0.1) is 0 Å². The summed E-state index contributed by atoms with van der Waals surface area (Å²) < 4.78 is 6.57. The highest BCUT2D eigenvalue weighted by molar-refractivity contribution is 6.06. The molecule has 0 saturated carbocycles. The molecule has 0 fully saturated rings. The molecule has 2 aliphatic carbocycles. The van der Waals surface area contributed by atoms with E-state index in [0.717, 1.165) is 39.5 Å². The van der Waals surface area contributed by atoms with Gasteiger partial charge in [-0.2, -0.15) is 0 Å². The third kappa shape index (κ3) is 5.16. The number of ether oxygens (including phenoxy) is 1. The molecule has 0 bridgehead atoms. The molecule has 0 radical (unpaired) electrons. The highest BCUT2D eigenvalue weighted by Gasteiger charge is 2.39. The molecule has 7 aromatic carbocycles. The van der Waals surface area contributed by atoms with Gasteiger partial charge in [0, 0.05) is 33.2 Å². The molecule has 54 heavy (non-hydrogen) atoms. The highest BCUT2D eigenvalue weighted by atomic mass is 16.5. The number of fused-ring (bicyclic) bond motifs is 5. The van der Waals surface area contributed by atoms with Gasteiger partial charge in [0.25, 0.3) is 0 Å². The summed E-state index contributed by atoms with van der Waals surface area (Å²) in [5.41, 5.74) is 16.7. The first-order valence-electron chi connectivity index (χ1n) is 19.0. The van der Waals surface area contributed by atoms with Crippen LogP contribution in [0.1, 0.15) is 62.4 Å². The summed E-state index contributed by atoms with van der Waals surface area (Å²) >= 11 is 0. The second kappa shape index (κ2) is 12.5. The van der Waals surface area contributed by atoms with Crippen LogP contribution in [0.4, 0.5) is 17.1 Å². The Hall–Kier alpha value is -6.12. The number of anilines is 3. The predicted octanol–water partition coefficient (Wildman–Crippen LogP) is 14.2. The third-order valence-corrected chi connectivity index (χ3v) is 12.2. The first kappa shape index (κ1) is 33.7. The topological polar surface area (TPSA) is 12.5 Å². The average Bonchev–Trinajstić information content (AvgIpc) is 3.54. The van der Waals surface area contributed by atoms with Crippen LogP contribution in [0.5, 0.6) is 5.75 Å². The molecule has 2 aliphatic rings. The molecule has 0 saturated heterocycles. The van der Waals surface area contributed by atoms with E-state index < -0.39 is 0 Å².